The molecule has 1 unspecified atom stereocenters. The largest absolute Gasteiger partial charge is 0.545 e. The Morgan fingerprint density at radius 2 is 1.88 bits per heavy atom. The van der Waals surface area contributed by atoms with E-state index in [-0.39, 0.29) is 6.04 Å². The van der Waals surface area contributed by atoms with Crippen molar-refractivity contribution >= 4 is 11.9 Å². The number of hydrogen-bond acceptors (Lipinski definition) is 3. The molecule has 0 heterocycles. The van der Waals surface area contributed by atoms with Crippen molar-refractivity contribution in [1.82, 2.24) is 5.32 Å². The smallest absolute Gasteiger partial charge is 0.244 e. The topological polar surface area (TPSA) is 69.2 Å². The molecule has 1 rings (SSSR count). The van der Waals surface area contributed by atoms with Gasteiger partial charge in [-0.2, -0.15) is 0 Å². The van der Waals surface area contributed by atoms with Gasteiger partial charge in [-0.15, -0.1) is 0 Å². The minimum Gasteiger partial charge on any atom is -0.545 e. The molecular formula is C12H12NO3-. The molecule has 0 saturated heterocycles. The van der Waals surface area contributed by atoms with E-state index in [1.54, 1.807) is 0 Å². The molecule has 1 N–H and O–H groups in total. The van der Waals surface area contributed by atoms with E-state index in [2.05, 4.69) is 5.32 Å². The predicted molar refractivity (Wildman–Crippen MR) is 57.1 cm³/mol. The van der Waals surface area contributed by atoms with Gasteiger partial charge in [0.2, 0.25) is 5.91 Å². The van der Waals surface area contributed by atoms with Crippen molar-refractivity contribution in [3.05, 3.63) is 48.0 Å². The first-order valence-corrected chi connectivity index (χ1v) is 4.84. The Morgan fingerprint density at radius 3 is 2.44 bits per heavy atom. The summed E-state index contributed by atoms with van der Waals surface area (Å²) in [6.45, 7) is 1.82. The van der Waals surface area contributed by atoms with Crippen LogP contribution in [0.5, 0.6) is 0 Å². The molecule has 0 fully saturated rings. The second kappa shape index (κ2) is 5.70. The Morgan fingerprint density at radius 1 is 1.25 bits per heavy atom. The molecule has 0 aliphatic carbocycles. The number of hydrogen-bond donors (Lipinski definition) is 1. The lowest BCUT2D eigenvalue weighted by atomic mass is 10.1. The number of benzene rings is 1. The van der Waals surface area contributed by atoms with Crippen LogP contribution in [0.1, 0.15) is 18.5 Å². The Kier molecular flexibility index (Phi) is 4.27. The molecule has 0 aliphatic rings. The number of carboxylic acids is 1. The van der Waals surface area contributed by atoms with E-state index in [1.807, 2.05) is 37.3 Å². The fourth-order valence-electron chi connectivity index (χ4n) is 1.23. The normalized spacial score (nSPS) is 12.3. The zero-order valence-corrected chi connectivity index (χ0v) is 8.84. The van der Waals surface area contributed by atoms with Gasteiger partial charge in [0.05, 0.1) is 12.0 Å². The summed E-state index contributed by atoms with van der Waals surface area (Å²) in [5.74, 6) is -1.84. The zero-order valence-electron chi connectivity index (χ0n) is 8.84. The maximum absolute atomic E-state index is 11.2. The van der Waals surface area contributed by atoms with E-state index < -0.39 is 11.9 Å². The average Bonchev–Trinajstić information content (AvgIpc) is 2.27. The lowest BCUT2D eigenvalue weighted by Gasteiger charge is -2.12. The van der Waals surface area contributed by atoms with Gasteiger partial charge in [-0.25, -0.2) is 0 Å². The molecule has 4 nitrogen and oxygen atoms in total. The van der Waals surface area contributed by atoms with Crippen LogP contribution in [-0.2, 0) is 9.59 Å². The summed E-state index contributed by atoms with van der Waals surface area (Å²) in [6.07, 6.45) is 1.64. The molecule has 0 aromatic heterocycles. The quantitative estimate of drug-likeness (QED) is 0.732. The minimum atomic E-state index is -1.39. The lowest BCUT2D eigenvalue weighted by Crippen LogP contribution is -2.26. The maximum Gasteiger partial charge on any atom is 0.244 e. The van der Waals surface area contributed by atoms with Crippen LogP contribution in [0.15, 0.2) is 42.5 Å². The number of carbonyl (C=O) groups is 2. The van der Waals surface area contributed by atoms with Gasteiger partial charge in [-0.05, 0) is 18.6 Å². The van der Waals surface area contributed by atoms with Gasteiger partial charge in [0.1, 0.15) is 0 Å². The minimum absolute atomic E-state index is 0.167. The van der Waals surface area contributed by atoms with Crippen molar-refractivity contribution in [1.29, 1.82) is 0 Å². The van der Waals surface area contributed by atoms with E-state index in [4.69, 9.17) is 0 Å². The van der Waals surface area contributed by atoms with Gasteiger partial charge < -0.3 is 15.2 Å². The molecule has 84 valence electrons. The first-order valence-electron chi connectivity index (χ1n) is 4.84. The molecular weight excluding hydrogens is 206 g/mol. The highest BCUT2D eigenvalue weighted by molar-refractivity contribution is 5.93. The number of carboxylic acid groups (broad SMARTS) is 1. The molecule has 0 bridgehead atoms. The van der Waals surface area contributed by atoms with Crippen LogP contribution in [0, 0.1) is 0 Å². The number of rotatable bonds is 4. The van der Waals surface area contributed by atoms with Gasteiger partial charge in [0.15, 0.2) is 0 Å². The fraction of sp³-hybridized carbons (Fsp3) is 0.167. The third-order valence-electron chi connectivity index (χ3n) is 2.03. The highest BCUT2D eigenvalue weighted by Gasteiger charge is 2.05. The standard InChI is InChI=1S/C12H13NO3/c1-9(10-5-3-2-4-6-10)13-11(14)7-8-12(15)16/h2-9H,1H3,(H,13,14)(H,15,16)/p-1. The van der Waals surface area contributed by atoms with Crippen LogP contribution < -0.4 is 10.4 Å². The molecule has 0 aliphatic heterocycles. The van der Waals surface area contributed by atoms with Crippen LogP contribution in [0.2, 0.25) is 0 Å². The highest BCUT2D eigenvalue weighted by atomic mass is 16.4. The van der Waals surface area contributed by atoms with Crippen LogP contribution in [0.4, 0.5) is 0 Å². The Bertz CT molecular complexity index is 398. The summed E-state index contributed by atoms with van der Waals surface area (Å²) in [5.41, 5.74) is 0.956. The van der Waals surface area contributed by atoms with Crippen molar-refractivity contribution in [2.75, 3.05) is 0 Å². The van der Waals surface area contributed by atoms with Gasteiger partial charge in [0, 0.05) is 6.08 Å². The summed E-state index contributed by atoms with van der Waals surface area (Å²) < 4.78 is 0. The Hall–Kier alpha value is -2.10. The van der Waals surface area contributed by atoms with Crippen LogP contribution >= 0.6 is 0 Å². The highest BCUT2D eigenvalue weighted by Crippen LogP contribution is 2.10. The van der Waals surface area contributed by atoms with E-state index in [0.717, 1.165) is 11.6 Å². The molecule has 1 amide bonds. The summed E-state index contributed by atoms with van der Waals surface area (Å²) in [5, 5.41) is 12.7. The monoisotopic (exact) mass is 218 g/mol. The zero-order chi connectivity index (χ0) is 12.0. The second-order valence-corrected chi connectivity index (χ2v) is 3.29. The summed E-state index contributed by atoms with van der Waals surface area (Å²) >= 11 is 0. The van der Waals surface area contributed by atoms with Crippen molar-refractivity contribution in [3.63, 3.8) is 0 Å². The summed E-state index contributed by atoms with van der Waals surface area (Å²) in [6, 6.07) is 9.22. The maximum atomic E-state index is 11.2. The molecule has 0 radical (unpaired) electrons. The molecule has 1 atom stereocenters. The molecule has 1 aromatic carbocycles. The van der Waals surface area contributed by atoms with E-state index in [1.165, 1.54) is 0 Å². The predicted octanol–water partition coefficient (Wildman–Crippen LogP) is 0.170. The Balaban J connectivity index is 2.55. The molecule has 0 saturated carbocycles. The first-order chi connectivity index (χ1) is 7.59. The van der Waals surface area contributed by atoms with E-state index >= 15 is 0 Å². The Labute approximate surface area is 93.6 Å². The van der Waals surface area contributed by atoms with Crippen LogP contribution in [-0.4, -0.2) is 11.9 Å². The van der Waals surface area contributed by atoms with Crippen LogP contribution in [0.3, 0.4) is 0 Å². The van der Waals surface area contributed by atoms with Crippen LogP contribution in [0.25, 0.3) is 0 Å². The van der Waals surface area contributed by atoms with Gasteiger partial charge in [-0.1, -0.05) is 30.3 Å². The molecule has 0 spiro atoms. The van der Waals surface area contributed by atoms with Crippen molar-refractivity contribution in [2.24, 2.45) is 0 Å². The number of aliphatic carboxylic acids is 1. The van der Waals surface area contributed by atoms with Crippen molar-refractivity contribution < 1.29 is 14.7 Å². The summed E-state index contributed by atoms with van der Waals surface area (Å²) in [4.78, 5) is 21.3. The number of amides is 1. The van der Waals surface area contributed by atoms with Crippen molar-refractivity contribution in [3.8, 4) is 0 Å². The first kappa shape index (κ1) is 12.0. The van der Waals surface area contributed by atoms with E-state index in [0.29, 0.717) is 6.08 Å². The van der Waals surface area contributed by atoms with Crippen molar-refractivity contribution in [2.45, 2.75) is 13.0 Å². The molecule has 16 heavy (non-hydrogen) atoms. The van der Waals surface area contributed by atoms with Gasteiger partial charge >= 0.3 is 0 Å². The third kappa shape index (κ3) is 3.96. The number of nitrogens with one attached hydrogen (secondary N) is 1. The molecule has 1 aromatic rings. The van der Waals surface area contributed by atoms with Gasteiger partial charge in [-0.3, -0.25) is 4.79 Å². The fourth-order valence-corrected chi connectivity index (χ4v) is 1.23. The SMILES string of the molecule is CC(NC(=O)C=CC(=O)[O-])c1ccccc1. The third-order valence-corrected chi connectivity index (χ3v) is 2.03. The van der Waals surface area contributed by atoms with Gasteiger partial charge in [0.25, 0.3) is 0 Å². The average molecular weight is 218 g/mol. The lowest BCUT2D eigenvalue weighted by molar-refractivity contribution is -0.297. The number of carbonyl (C=O) groups excluding carboxylic acids is 2. The van der Waals surface area contributed by atoms with E-state index in [9.17, 15) is 14.7 Å². The second-order valence-electron chi connectivity index (χ2n) is 3.29. The summed E-state index contributed by atoms with van der Waals surface area (Å²) in [7, 11) is 0. The molecule has 4 heteroatoms.